The molecule has 1 amide bonds. The maximum absolute atomic E-state index is 13.1. The Labute approximate surface area is 200 Å². The topological polar surface area (TPSA) is 67.1 Å². The number of ether oxygens (including phenoxy) is 4. The molecule has 0 aromatic heterocycles. The third-order valence-electron chi connectivity index (χ3n) is 8.70. The number of carbonyl (C=O) groups is 1. The molecule has 0 N–H and O–H groups in total. The molecule has 9 heteroatoms. The lowest BCUT2D eigenvalue weighted by molar-refractivity contribution is -0.122. The number of epoxide rings is 2. The lowest BCUT2D eigenvalue weighted by Gasteiger charge is -2.48. The maximum atomic E-state index is 13.1. The SMILES string of the molecule is CO[C@@H]1[C@H](OC(=O)N2CCC3(CN(CC(F)F)C3)C2)CC[C@]2(CO2)[C@H]1[C@@]1(C)O[C@@H]1CC=C(C)C. The Kier molecular flexibility index (Phi) is 6.23. The van der Waals surface area contributed by atoms with Crippen LogP contribution >= 0.6 is 0 Å². The number of alkyl halides is 2. The van der Waals surface area contributed by atoms with Crippen molar-refractivity contribution < 1.29 is 32.5 Å². The smallest absolute Gasteiger partial charge is 0.410 e. The van der Waals surface area contributed by atoms with Gasteiger partial charge in [0, 0.05) is 38.7 Å². The summed E-state index contributed by atoms with van der Waals surface area (Å²) >= 11 is 0. The largest absolute Gasteiger partial charge is 0.443 e. The third-order valence-corrected chi connectivity index (χ3v) is 8.70. The first kappa shape index (κ1) is 24.4. The van der Waals surface area contributed by atoms with E-state index in [1.807, 2.05) is 0 Å². The van der Waals surface area contributed by atoms with Crippen LogP contribution in [0.3, 0.4) is 0 Å². The van der Waals surface area contributed by atoms with Crippen LogP contribution in [0.1, 0.15) is 46.5 Å². The van der Waals surface area contributed by atoms with Gasteiger partial charge in [-0.3, -0.25) is 4.90 Å². The molecule has 0 aromatic rings. The Bertz CT molecular complexity index is 824. The Morgan fingerprint density at radius 1 is 1.24 bits per heavy atom. The van der Waals surface area contributed by atoms with Gasteiger partial charge < -0.3 is 23.8 Å². The Morgan fingerprint density at radius 2 is 1.97 bits per heavy atom. The molecule has 1 aliphatic carbocycles. The van der Waals surface area contributed by atoms with Gasteiger partial charge in [-0.1, -0.05) is 11.6 Å². The number of rotatable bonds is 7. The average Bonchev–Trinajstić information content (AvgIpc) is 3.61. The predicted octanol–water partition coefficient (Wildman–Crippen LogP) is 3.47. The van der Waals surface area contributed by atoms with Crippen molar-refractivity contribution in [2.45, 2.75) is 82.4 Å². The van der Waals surface area contributed by atoms with Crippen LogP contribution in [0.15, 0.2) is 11.6 Å². The molecule has 5 aliphatic rings. The fourth-order valence-corrected chi connectivity index (χ4v) is 6.85. The molecule has 0 aromatic carbocycles. The number of hydrogen-bond donors (Lipinski definition) is 0. The van der Waals surface area contributed by atoms with Crippen LogP contribution in [-0.2, 0) is 18.9 Å². The van der Waals surface area contributed by atoms with Crippen LogP contribution in [0, 0.1) is 11.3 Å². The van der Waals surface area contributed by atoms with Crippen molar-refractivity contribution in [3.05, 3.63) is 11.6 Å². The summed E-state index contributed by atoms with van der Waals surface area (Å²) in [5, 5.41) is 0. The lowest BCUT2D eigenvalue weighted by atomic mass is 9.68. The zero-order chi connectivity index (χ0) is 24.3. The van der Waals surface area contributed by atoms with Gasteiger partial charge in [-0.05, 0) is 46.5 Å². The first-order chi connectivity index (χ1) is 16.1. The second kappa shape index (κ2) is 8.68. The summed E-state index contributed by atoms with van der Waals surface area (Å²) in [4.78, 5) is 16.6. The summed E-state index contributed by atoms with van der Waals surface area (Å²) in [5.74, 6) is -0.00781. The van der Waals surface area contributed by atoms with Gasteiger partial charge in [0.15, 0.2) is 0 Å². The summed E-state index contributed by atoms with van der Waals surface area (Å²) in [6.07, 6.45) is 2.18. The Balaban J connectivity index is 1.21. The number of halogens is 2. The van der Waals surface area contributed by atoms with Gasteiger partial charge >= 0.3 is 6.09 Å². The van der Waals surface area contributed by atoms with Gasteiger partial charge in [-0.15, -0.1) is 0 Å². The van der Waals surface area contributed by atoms with E-state index in [1.165, 1.54) is 5.57 Å². The van der Waals surface area contributed by atoms with Crippen molar-refractivity contribution in [2.75, 3.05) is 46.4 Å². The molecule has 4 aliphatic heterocycles. The van der Waals surface area contributed by atoms with E-state index in [9.17, 15) is 13.6 Å². The predicted molar refractivity (Wildman–Crippen MR) is 121 cm³/mol. The second-order valence-electron chi connectivity index (χ2n) is 11.5. The number of carbonyl (C=O) groups excluding carboxylic acids is 1. The highest BCUT2D eigenvalue weighted by Crippen LogP contribution is 2.59. The summed E-state index contributed by atoms with van der Waals surface area (Å²) in [7, 11) is 1.67. The molecular weight excluding hydrogens is 446 g/mol. The van der Waals surface area contributed by atoms with E-state index in [2.05, 4.69) is 26.8 Å². The number of likely N-dealkylation sites (tertiary alicyclic amines) is 2. The van der Waals surface area contributed by atoms with Gasteiger partial charge in [-0.2, -0.15) is 0 Å². The molecule has 6 atom stereocenters. The Hall–Kier alpha value is -1.29. The molecular formula is C25H38F2N2O5. The van der Waals surface area contributed by atoms with Crippen LogP contribution < -0.4 is 0 Å². The molecule has 5 fully saturated rings. The highest BCUT2D eigenvalue weighted by Gasteiger charge is 2.72. The number of allylic oxidation sites excluding steroid dienone is 1. The number of methoxy groups -OCH3 is 1. The summed E-state index contributed by atoms with van der Waals surface area (Å²) in [5.41, 5.74) is 0.575. The summed E-state index contributed by atoms with van der Waals surface area (Å²) < 4.78 is 49.5. The van der Waals surface area contributed by atoms with Gasteiger partial charge in [0.2, 0.25) is 0 Å². The molecule has 0 unspecified atom stereocenters. The fourth-order valence-electron chi connectivity index (χ4n) is 6.85. The van der Waals surface area contributed by atoms with Crippen LogP contribution in [-0.4, -0.2) is 98.3 Å². The van der Waals surface area contributed by atoms with Gasteiger partial charge in [0.05, 0.1) is 25.2 Å². The standard InChI is InChI=1S/C25H38F2N2O5/c1-16(2)5-6-18-23(3,34-18)21-20(31-4)17(7-8-25(21)15-32-25)33-22(30)29-10-9-24(14-29)12-28(13-24)11-19(26)27/h5,17-21H,6-15H2,1-4H3/t17-,18-,20-,21-,23+,25+/m1/s1. The summed E-state index contributed by atoms with van der Waals surface area (Å²) in [6, 6.07) is 0. The first-order valence-corrected chi connectivity index (χ1v) is 12.5. The van der Waals surface area contributed by atoms with Gasteiger partial charge in [0.1, 0.15) is 23.4 Å². The van der Waals surface area contributed by atoms with E-state index in [0.717, 1.165) is 19.3 Å². The molecule has 0 radical (unpaired) electrons. The van der Waals surface area contributed by atoms with E-state index in [0.29, 0.717) is 39.2 Å². The third kappa shape index (κ3) is 4.38. The van der Waals surface area contributed by atoms with E-state index in [-0.39, 0.29) is 53.5 Å². The van der Waals surface area contributed by atoms with Crippen molar-refractivity contribution in [1.29, 1.82) is 0 Å². The summed E-state index contributed by atoms with van der Waals surface area (Å²) in [6.45, 7) is 9.22. The molecule has 7 nitrogen and oxygen atoms in total. The van der Waals surface area contributed by atoms with Crippen LogP contribution in [0.2, 0.25) is 0 Å². The van der Waals surface area contributed by atoms with Crippen molar-refractivity contribution in [1.82, 2.24) is 9.80 Å². The molecule has 5 rings (SSSR count). The molecule has 4 saturated heterocycles. The van der Waals surface area contributed by atoms with Crippen LogP contribution in [0.25, 0.3) is 0 Å². The fraction of sp³-hybridized carbons (Fsp3) is 0.880. The Morgan fingerprint density at radius 3 is 2.59 bits per heavy atom. The number of hydrogen-bond acceptors (Lipinski definition) is 6. The average molecular weight is 485 g/mol. The normalized spacial score (nSPS) is 40.5. The van der Waals surface area contributed by atoms with Crippen molar-refractivity contribution in [3.63, 3.8) is 0 Å². The van der Waals surface area contributed by atoms with Crippen LogP contribution in [0.4, 0.5) is 13.6 Å². The quantitative estimate of drug-likeness (QED) is 0.407. The van der Waals surface area contributed by atoms with Crippen molar-refractivity contribution in [2.24, 2.45) is 11.3 Å². The van der Waals surface area contributed by atoms with E-state index in [4.69, 9.17) is 18.9 Å². The van der Waals surface area contributed by atoms with E-state index >= 15 is 0 Å². The molecule has 1 saturated carbocycles. The minimum absolute atomic E-state index is 0.00781. The number of amides is 1. The monoisotopic (exact) mass is 484 g/mol. The maximum Gasteiger partial charge on any atom is 0.410 e. The van der Waals surface area contributed by atoms with E-state index in [1.54, 1.807) is 16.9 Å². The second-order valence-corrected chi connectivity index (χ2v) is 11.5. The molecule has 34 heavy (non-hydrogen) atoms. The van der Waals surface area contributed by atoms with Gasteiger partial charge in [-0.25, -0.2) is 13.6 Å². The lowest BCUT2D eigenvalue weighted by Crippen LogP contribution is -2.59. The van der Waals surface area contributed by atoms with Gasteiger partial charge in [0.25, 0.3) is 6.43 Å². The minimum atomic E-state index is -2.32. The zero-order valence-corrected chi connectivity index (χ0v) is 20.7. The highest BCUT2D eigenvalue weighted by atomic mass is 19.3. The van der Waals surface area contributed by atoms with E-state index < -0.39 is 6.43 Å². The number of nitrogens with zero attached hydrogens (tertiary/aromatic N) is 2. The molecule has 4 heterocycles. The minimum Gasteiger partial charge on any atom is -0.443 e. The zero-order valence-electron chi connectivity index (χ0n) is 20.7. The molecule has 2 spiro atoms. The molecule has 192 valence electrons. The van der Waals surface area contributed by atoms with Crippen LogP contribution in [0.5, 0.6) is 0 Å². The first-order valence-electron chi connectivity index (χ1n) is 12.5. The molecule has 0 bridgehead atoms. The van der Waals surface area contributed by atoms with Crippen molar-refractivity contribution >= 4 is 6.09 Å². The highest BCUT2D eigenvalue weighted by molar-refractivity contribution is 5.68. The van der Waals surface area contributed by atoms with Crippen molar-refractivity contribution in [3.8, 4) is 0 Å².